The molecule has 1 amide bonds. The predicted octanol–water partition coefficient (Wildman–Crippen LogP) is 2.24. The summed E-state index contributed by atoms with van der Waals surface area (Å²) in [6.45, 7) is 0.989. The van der Waals surface area contributed by atoms with Gasteiger partial charge in [0.2, 0.25) is 0 Å². The Morgan fingerprint density at radius 1 is 1.33 bits per heavy atom. The van der Waals surface area contributed by atoms with E-state index in [1.807, 2.05) is 30.1 Å². The number of fused-ring (bicyclic) bond motifs is 1. The number of ether oxygens (including phenoxy) is 1. The van der Waals surface area contributed by atoms with Crippen molar-refractivity contribution >= 4 is 5.91 Å². The highest BCUT2D eigenvalue weighted by Crippen LogP contribution is 2.29. The molecule has 114 valence electrons. The molecular formula is C17H23NO3. The van der Waals surface area contributed by atoms with Crippen LogP contribution in [0.15, 0.2) is 18.2 Å². The maximum absolute atomic E-state index is 12.6. The minimum atomic E-state index is 0.0946. The van der Waals surface area contributed by atoms with Crippen LogP contribution in [0, 0.1) is 5.92 Å². The van der Waals surface area contributed by atoms with Gasteiger partial charge < -0.3 is 14.7 Å². The lowest BCUT2D eigenvalue weighted by Gasteiger charge is -2.34. The number of amides is 1. The van der Waals surface area contributed by atoms with Crippen LogP contribution in [0.4, 0.5) is 0 Å². The monoisotopic (exact) mass is 289 g/mol. The summed E-state index contributed by atoms with van der Waals surface area (Å²) in [5.74, 6) is 1.43. The van der Waals surface area contributed by atoms with Crippen LogP contribution >= 0.6 is 0 Å². The van der Waals surface area contributed by atoms with Crippen molar-refractivity contribution in [3.8, 4) is 5.75 Å². The van der Waals surface area contributed by atoms with Crippen LogP contribution in [0.5, 0.6) is 5.75 Å². The summed E-state index contributed by atoms with van der Waals surface area (Å²) in [4.78, 5) is 14.5. The van der Waals surface area contributed by atoms with E-state index in [0.29, 0.717) is 18.6 Å². The van der Waals surface area contributed by atoms with Crippen LogP contribution in [0.2, 0.25) is 0 Å². The number of aliphatic hydroxyl groups excluding tert-OH is 1. The molecule has 1 aromatic carbocycles. The summed E-state index contributed by atoms with van der Waals surface area (Å²) in [7, 11) is 1.90. The Kier molecular flexibility index (Phi) is 4.15. The molecule has 4 nitrogen and oxygen atoms in total. The molecule has 1 aliphatic carbocycles. The van der Waals surface area contributed by atoms with E-state index in [-0.39, 0.29) is 12.5 Å². The van der Waals surface area contributed by atoms with Crippen LogP contribution in [0.1, 0.15) is 41.6 Å². The van der Waals surface area contributed by atoms with Gasteiger partial charge in [0.05, 0.1) is 6.61 Å². The summed E-state index contributed by atoms with van der Waals surface area (Å²) in [6, 6.07) is 6.04. The van der Waals surface area contributed by atoms with Gasteiger partial charge in [-0.2, -0.15) is 0 Å². The zero-order valence-electron chi connectivity index (χ0n) is 12.5. The summed E-state index contributed by atoms with van der Waals surface area (Å²) < 4.78 is 5.49. The van der Waals surface area contributed by atoms with Crippen molar-refractivity contribution < 1.29 is 14.6 Å². The molecule has 0 saturated heterocycles. The zero-order chi connectivity index (χ0) is 14.8. The van der Waals surface area contributed by atoms with E-state index in [0.717, 1.165) is 49.0 Å². The van der Waals surface area contributed by atoms with Crippen LogP contribution in [0.3, 0.4) is 0 Å². The van der Waals surface area contributed by atoms with E-state index in [1.165, 1.54) is 0 Å². The van der Waals surface area contributed by atoms with Gasteiger partial charge in [0.25, 0.3) is 5.91 Å². The average Bonchev–Trinajstić information content (AvgIpc) is 3.01. The minimum absolute atomic E-state index is 0.0946. The molecule has 0 atom stereocenters. The number of nitrogens with zero attached hydrogens (tertiary/aromatic N) is 1. The van der Waals surface area contributed by atoms with Gasteiger partial charge in [0.1, 0.15) is 5.75 Å². The molecule has 1 heterocycles. The van der Waals surface area contributed by atoms with E-state index in [2.05, 4.69) is 0 Å². The predicted molar refractivity (Wildman–Crippen MR) is 80.6 cm³/mol. The average molecular weight is 289 g/mol. The van der Waals surface area contributed by atoms with Crippen molar-refractivity contribution in [3.05, 3.63) is 29.3 Å². The largest absolute Gasteiger partial charge is 0.493 e. The smallest absolute Gasteiger partial charge is 0.253 e. The Balaban J connectivity index is 1.67. The fourth-order valence-corrected chi connectivity index (χ4v) is 3.40. The molecule has 1 saturated carbocycles. The molecule has 0 radical (unpaired) electrons. The molecule has 0 spiro atoms. The first-order chi connectivity index (χ1) is 10.2. The van der Waals surface area contributed by atoms with E-state index in [4.69, 9.17) is 4.74 Å². The first-order valence-corrected chi connectivity index (χ1v) is 7.82. The molecule has 1 aliphatic heterocycles. The first kappa shape index (κ1) is 14.4. The Morgan fingerprint density at radius 2 is 2.10 bits per heavy atom. The lowest BCUT2D eigenvalue weighted by atomic mass is 9.86. The Bertz CT molecular complexity index is 521. The highest BCUT2D eigenvalue weighted by Gasteiger charge is 2.27. The van der Waals surface area contributed by atoms with Gasteiger partial charge in [-0.25, -0.2) is 0 Å². The second-order valence-corrected chi connectivity index (χ2v) is 6.19. The van der Waals surface area contributed by atoms with Crippen LogP contribution in [-0.2, 0) is 6.42 Å². The SMILES string of the molecule is CN(C(=O)c1ccc2c(c1)CCO2)C1CCC(CO)CC1. The molecule has 1 aromatic rings. The van der Waals surface area contributed by atoms with Crippen molar-refractivity contribution in [2.24, 2.45) is 5.92 Å². The van der Waals surface area contributed by atoms with Gasteiger partial charge in [-0.15, -0.1) is 0 Å². The first-order valence-electron chi connectivity index (χ1n) is 7.82. The number of hydrogen-bond donors (Lipinski definition) is 1. The van der Waals surface area contributed by atoms with E-state index >= 15 is 0 Å². The molecule has 1 N–H and O–H groups in total. The van der Waals surface area contributed by atoms with Crippen molar-refractivity contribution in [3.63, 3.8) is 0 Å². The molecule has 3 rings (SSSR count). The van der Waals surface area contributed by atoms with Crippen molar-refractivity contribution in [1.82, 2.24) is 4.90 Å². The zero-order valence-corrected chi connectivity index (χ0v) is 12.5. The lowest BCUT2D eigenvalue weighted by Crippen LogP contribution is -2.39. The fraction of sp³-hybridized carbons (Fsp3) is 0.588. The van der Waals surface area contributed by atoms with Gasteiger partial charge in [0.15, 0.2) is 0 Å². The van der Waals surface area contributed by atoms with Crippen molar-refractivity contribution in [2.75, 3.05) is 20.3 Å². The Morgan fingerprint density at radius 3 is 2.81 bits per heavy atom. The van der Waals surface area contributed by atoms with Crippen LogP contribution in [0.25, 0.3) is 0 Å². The highest BCUT2D eigenvalue weighted by molar-refractivity contribution is 5.94. The standard InChI is InChI=1S/C17H23NO3/c1-18(15-5-2-12(11-19)3-6-15)17(20)14-4-7-16-13(10-14)8-9-21-16/h4,7,10,12,15,19H,2-3,5-6,8-9,11H2,1H3. The second-order valence-electron chi connectivity index (χ2n) is 6.19. The normalized spacial score (nSPS) is 24.3. The topological polar surface area (TPSA) is 49.8 Å². The third-order valence-electron chi connectivity index (χ3n) is 4.88. The molecule has 21 heavy (non-hydrogen) atoms. The molecule has 0 unspecified atom stereocenters. The van der Waals surface area contributed by atoms with Crippen molar-refractivity contribution in [1.29, 1.82) is 0 Å². The van der Waals surface area contributed by atoms with E-state index < -0.39 is 0 Å². The summed E-state index contributed by atoms with van der Waals surface area (Å²) in [6.07, 6.45) is 4.89. The maximum atomic E-state index is 12.6. The van der Waals surface area contributed by atoms with Gasteiger partial charge in [-0.1, -0.05) is 0 Å². The Labute approximate surface area is 125 Å². The van der Waals surface area contributed by atoms with E-state index in [1.54, 1.807) is 0 Å². The minimum Gasteiger partial charge on any atom is -0.493 e. The van der Waals surface area contributed by atoms with Gasteiger partial charge in [-0.05, 0) is 55.4 Å². The molecular weight excluding hydrogens is 266 g/mol. The fourth-order valence-electron chi connectivity index (χ4n) is 3.40. The van der Waals surface area contributed by atoms with Gasteiger partial charge in [-0.3, -0.25) is 4.79 Å². The molecule has 1 fully saturated rings. The lowest BCUT2D eigenvalue weighted by molar-refractivity contribution is 0.0653. The second kappa shape index (κ2) is 6.06. The third-order valence-corrected chi connectivity index (χ3v) is 4.88. The van der Waals surface area contributed by atoms with Crippen molar-refractivity contribution in [2.45, 2.75) is 38.1 Å². The number of carbonyl (C=O) groups excluding carboxylic acids is 1. The molecule has 2 aliphatic rings. The summed E-state index contributed by atoms with van der Waals surface area (Å²) in [5, 5.41) is 9.20. The van der Waals surface area contributed by atoms with E-state index in [9.17, 15) is 9.90 Å². The highest BCUT2D eigenvalue weighted by atomic mass is 16.5. The molecule has 0 bridgehead atoms. The number of rotatable bonds is 3. The molecule has 0 aromatic heterocycles. The third kappa shape index (κ3) is 2.91. The Hall–Kier alpha value is -1.55. The quantitative estimate of drug-likeness (QED) is 0.928. The number of carbonyl (C=O) groups is 1. The maximum Gasteiger partial charge on any atom is 0.253 e. The van der Waals surface area contributed by atoms with Gasteiger partial charge in [0, 0.05) is 31.7 Å². The molecule has 4 heteroatoms. The van der Waals surface area contributed by atoms with Crippen LogP contribution < -0.4 is 4.74 Å². The summed E-state index contributed by atoms with van der Waals surface area (Å²) >= 11 is 0. The number of hydrogen-bond acceptors (Lipinski definition) is 3. The van der Waals surface area contributed by atoms with Crippen LogP contribution in [-0.4, -0.2) is 42.2 Å². The number of aliphatic hydroxyl groups is 1. The number of benzene rings is 1. The van der Waals surface area contributed by atoms with Gasteiger partial charge >= 0.3 is 0 Å². The summed E-state index contributed by atoms with van der Waals surface area (Å²) in [5.41, 5.74) is 1.89.